The van der Waals surface area contributed by atoms with Crippen molar-refractivity contribution in [2.24, 2.45) is 0 Å². The number of hydrogen-bond acceptors (Lipinski definition) is 7. The molecule has 0 spiro atoms. The largest absolute Gasteiger partial charge is 0.467 e. The van der Waals surface area contributed by atoms with Crippen molar-refractivity contribution in [2.75, 3.05) is 7.11 Å². The minimum Gasteiger partial charge on any atom is -0.467 e. The lowest BCUT2D eigenvalue weighted by atomic mass is 10.2. The lowest BCUT2D eigenvalue weighted by Crippen LogP contribution is -2.42. The Balaban J connectivity index is 1.94. The lowest BCUT2D eigenvalue weighted by molar-refractivity contribution is -0.384. The van der Waals surface area contributed by atoms with Gasteiger partial charge < -0.3 is 9.30 Å². The number of thioether (sulfide) groups is 1. The first-order valence-corrected chi connectivity index (χ1v) is 8.92. The summed E-state index contributed by atoms with van der Waals surface area (Å²) in [5, 5.41) is 10.4. The molecule has 1 atom stereocenters. The van der Waals surface area contributed by atoms with E-state index in [1.807, 2.05) is 0 Å². The predicted octanol–water partition coefficient (Wildman–Crippen LogP) is 2.98. The molecule has 28 heavy (non-hydrogen) atoms. The van der Waals surface area contributed by atoms with E-state index < -0.39 is 28.1 Å². The molecule has 0 bridgehead atoms. The van der Waals surface area contributed by atoms with Gasteiger partial charge in [0.15, 0.2) is 0 Å². The van der Waals surface area contributed by atoms with Crippen LogP contribution in [-0.4, -0.2) is 44.7 Å². The van der Waals surface area contributed by atoms with Crippen LogP contribution >= 0.6 is 11.8 Å². The van der Waals surface area contributed by atoms with E-state index in [4.69, 9.17) is 0 Å². The Labute approximate surface area is 163 Å². The van der Waals surface area contributed by atoms with E-state index in [2.05, 4.69) is 4.74 Å². The van der Waals surface area contributed by atoms with E-state index in [0.717, 1.165) is 16.7 Å². The van der Waals surface area contributed by atoms with Gasteiger partial charge in [-0.25, -0.2) is 4.79 Å². The van der Waals surface area contributed by atoms with E-state index >= 15 is 0 Å². The summed E-state index contributed by atoms with van der Waals surface area (Å²) in [6.07, 6.45) is 3.19. The average Bonchev–Trinajstić information content (AvgIpc) is 3.25. The van der Waals surface area contributed by atoms with Crippen LogP contribution in [0.25, 0.3) is 11.8 Å². The van der Waals surface area contributed by atoms with Gasteiger partial charge in [0.1, 0.15) is 6.04 Å². The van der Waals surface area contributed by atoms with E-state index in [1.165, 1.54) is 32.2 Å². The summed E-state index contributed by atoms with van der Waals surface area (Å²) in [5.41, 5.74) is 1.02. The van der Waals surface area contributed by atoms with Gasteiger partial charge in [0.05, 0.1) is 22.6 Å². The second-order valence-corrected chi connectivity index (χ2v) is 6.82. The summed E-state index contributed by atoms with van der Waals surface area (Å²) < 4.78 is 6.25. The van der Waals surface area contributed by atoms with Gasteiger partial charge in [-0.15, -0.1) is 0 Å². The Kier molecular flexibility index (Phi) is 5.32. The van der Waals surface area contributed by atoms with Gasteiger partial charge in [-0.2, -0.15) is 0 Å². The van der Waals surface area contributed by atoms with Crippen LogP contribution in [0.2, 0.25) is 0 Å². The van der Waals surface area contributed by atoms with E-state index in [-0.39, 0.29) is 10.6 Å². The normalized spacial score (nSPS) is 16.5. The molecule has 1 fully saturated rings. The number of esters is 1. The first-order valence-electron chi connectivity index (χ1n) is 8.10. The average molecular weight is 401 g/mol. The molecule has 2 aromatic rings. The number of ether oxygens (including phenoxy) is 1. The third-order valence-electron chi connectivity index (χ3n) is 4.13. The zero-order valence-electron chi connectivity index (χ0n) is 14.9. The molecule has 1 aliphatic heterocycles. The van der Waals surface area contributed by atoms with Crippen LogP contribution in [0.15, 0.2) is 47.5 Å². The summed E-state index contributed by atoms with van der Waals surface area (Å²) in [4.78, 5) is 48.0. The number of aromatic nitrogens is 1. The van der Waals surface area contributed by atoms with Gasteiger partial charge in [-0.1, -0.05) is 6.07 Å². The van der Waals surface area contributed by atoms with Crippen LogP contribution in [0.3, 0.4) is 0 Å². The Bertz CT molecular complexity index is 1010. The van der Waals surface area contributed by atoms with Gasteiger partial charge in [-0.05, 0) is 43.0 Å². The van der Waals surface area contributed by atoms with Crippen molar-refractivity contribution in [1.82, 2.24) is 9.47 Å². The number of rotatable bonds is 5. The molecule has 2 heterocycles. The second kappa shape index (κ2) is 7.69. The highest BCUT2D eigenvalue weighted by molar-refractivity contribution is 8.18. The fourth-order valence-electron chi connectivity index (χ4n) is 2.73. The van der Waals surface area contributed by atoms with Gasteiger partial charge >= 0.3 is 5.97 Å². The Hall–Kier alpha value is -3.40. The standard InChI is InChI=1S/C18H15N3O6S/c1-11(17(23)27-2)20-16(22)15(28-18(20)24)10-13-7-4-8-19(13)12-5-3-6-14(9-12)21(25)26/h3-11H,1-2H3/b15-10-. The van der Waals surface area contributed by atoms with Gasteiger partial charge in [0.2, 0.25) is 0 Å². The van der Waals surface area contributed by atoms with Gasteiger partial charge in [0.25, 0.3) is 16.8 Å². The maximum Gasteiger partial charge on any atom is 0.328 e. The van der Waals surface area contributed by atoms with Crippen molar-refractivity contribution in [3.05, 3.63) is 63.3 Å². The first kappa shape index (κ1) is 19.4. The third kappa shape index (κ3) is 3.54. The minimum absolute atomic E-state index is 0.0654. The number of methoxy groups -OCH3 is 1. The second-order valence-electron chi connectivity index (χ2n) is 5.83. The van der Waals surface area contributed by atoms with Crippen LogP contribution in [0.5, 0.6) is 0 Å². The van der Waals surface area contributed by atoms with Crippen molar-refractivity contribution >= 4 is 40.6 Å². The number of nitro groups is 1. The highest BCUT2D eigenvalue weighted by Crippen LogP contribution is 2.34. The first-order chi connectivity index (χ1) is 13.3. The molecule has 10 heteroatoms. The molecule has 0 radical (unpaired) electrons. The Morgan fingerprint density at radius 1 is 1.29 bits per heavy atom. The zero-order valence-corrected chi connectivity index (χ0v) is 15.7. The summed E-state index contributed by atoms with van der Waals surface area (Å²) in [7, 11) is 1.18. The van der Waals surface area contributed by atoms with E-state index in [1.54, 1.807) is 35.0 Å². The molecule has 3 rings (SSSR count). The fourth-order valence-corrected chi connectivity index (χ4v) is 3.62. The molecule has 1 aliphatic rings. The van der Waals surface area contributed by atoms with Gasteiger partial charge in [-0.3, -0.25) is 24.6 Å². The van der Waals surface area contributed by atoms with Crippen molar-refractivity contribution < 1.29 is 24.0 Å². The van der Waals surface area contributed by atoms with Crippen LogP contribution < -0.4 is 0 Å². The van der Waals surface area contributed by atoms with Crippen molar-refractivity contribution in [3.8, 4) is 5.69 Å². The molecule has 1 unspecified atom stereocenters. The number of carbonyl (C=O) groups is 3. The molecule has 1 aromatic heterocycles. The molecule has 2 amide bonds. The summed E-state index contributed by atoms with van der Waals surface area (Å²) in [6.45, 7) is 1.41. The molecule has 0 saturated carbocycles. The van der Waals surface area contributed by atoms with Gasteiger partial charge in [0, 0.05) is 24.0 Å². The highest BCUT2D eigenvalue weighted by Gasteiger charge is 2.41. The molecule has 0 aliphatic carbocycles. The number of nitrogens with zero attached hydrogens (tertiary/aromatic N) is 3. The molecular weight excluding hydrogens is 386 g/mol. The van der Waals surface area contributed by atoms with Crippen molar-refractivity contribution in [1.29, 1.82) is 0 Å². The van der Waals surface area contributed by atoms with E-state index in [0.29, 0.717) is 11.4 Å². The summed E-state index contributed by atoms with van der Waals surface area (Å²) in [5.74, 6) is -1.29. The quantitative estimate of drug-likeness (QED) is 0.328. The maximum absolute atomic E-state index is 12.6. The third-order valence-corrected chi connectivity index (χ3v) is 5.01. The topological polar surface area (TPSA) is 112 Å². The SMILES string of the molecule is COC(=O)C(C)N1C(=O)S/C(=C\c2cccn2-c2cccc([N+](=O)[O-])c2)C1=O. The van der Waals surface area contributed by atoms with Crippen molar-refractivity contribution in [3.63, 3.8) is 0 Å². The van der Waals surface area contributed by atoms with E-state index in [9.17, 15) is 24.5 Å². The molecule has 144 valence electrons. The smallest absolute Gasteiger partial charge is 0.328 e. The molecule has 9 nitrogen and oxygen atoms in total. The molecule has 0 N–H and O–H groups in total. The monoisotopic (exact) mass is 401 g/mol. The zero-order chi connectivity index (χ0) is 20.4. The number of amides is 2. The number of nitro benzene ring substituents is 1. The molecule has 1 saturated heterocycles. The number of non-ortho nitro benzene ring substituents is 1. The molecule has 1 aromatic carbocycles. The molecular formula is C18H15N3O6S. The predicted molar refractivity (Wildman–Crippen MR) is 102 cm³/mol. The Morgan fingerprint density at radius 3 is 2.71 bits per heavy atom. The highest BCUT2D eigenvalue weighted by atomic mass is 32.2. The summed E-state index contributed by atoms with van der Waals surface area (Å²) in [6, 6.07) is 8.42. The Morgan fingerprint density at radius 2 is 2.04 bits per heavy atom. The number of imide groups is 1. The van der Waals surface area contributed by atoms with Crippen LogP contribution in [0.4, 0.5) is 10.5 Å². The minimum atomic E-state index is -1.04. The van der Waals surface area contributed by atoms with Crippen molar-refractivity contribution in [2.45, 2.75) is 13.0 Å². The summed E-state index contributed by atoms with van der Waals surface area (Å²) >= 11 is 0.717. The maximum atomic E-state index is 12.6. The number of hydrogen-bond donors (Lipinski definition) is 0. The number of carbonyl (C=O) groups excluding carboxylic acids is 3. The fraction of sp³-hybridized carbons (Fsp3) is 0.167. The van der Waals surface area contributed by atoms with Crippen LogP contribution in [-0.2, 0) is 14.3 Å². The van der Waals surface area contributed by atoms with Crippen LogP contribution in [0, 0.1) is 10.1 Å². The lowest BCUT2D eigenvalue weighted by Gasteiger charge is -2.18. The number of benzene rings is 1. The van der Waals surface area contributed by atoms with Crippen LogP contribution in [0.1, 0.15) is 12.6 Å².